The Balaban J connectivity index is 1.67. The lowest BCUT2D eigenvalue weighted by Crippen LogP contribution is -2.47. The zero-order valence-electron chi connectivity index (χ0n) is 19.3. The Labute approximate surface area is 184 Å². The van der Waals surface area contributed by atoms with Crippen LogP contribution in [0, 0.1) is 20.8 Å². The van der Waals surface area contributed by atoms with E-state index in [1.807, 2.05) is 35.3 Å². The van der Waals surface area contributed by atoms with E-state index in [-0.39, 0.29) is 5.91 Å². The van der Waals surface area contributed by atoms with Crippen LogP contribution in [0.2, 0.25) is 0 Å². The lowest BCUT2D eigenvalue weighted by atomic mass is 10.00. The van der Waals surface area contributed by atoms with Crippen molar-refractivity contribution in [1.82, 2.24) is 19.2 Å². The number of imidazole rings is 1. The van der Waals surface area contributed by atoms with Crippen LogP contribution >= 0.6 is 0 Å². The predicted molar refractivity (Wildman–Crippen MR) is 126 cm³/mol. The van der Waals surface area contributed by atoms with Gasteiger partial charge in [-0.2, -0.15) is 0 Å². The van der Waals surface area contributed by atoms with Crippen LogP contribution in [0.5, 0.6) is 0 Å². The van der Waals surface area contributed by atoms with Gasteiger partial charge in [-0.05, 0) is 63.1 Å². The summed E-state index contributed by atoms with van der Waals surface area (Å²) in [6, 6.07) is 10.4. The average molecular weight is 420 g/mol. The molecular weight excluding hydrogens is 386 g/mol. The molecule has 3 aromatic rings. The smallest absolute Gasteiger partial charge is 0.270 e. The van der Waals surface area contributed by atoms with E-state index in [0.29, 0.717) is 5.69 Å². The summed E-state index contributed by atoms with van der Waals surface area (Å²) in [4.78, 5) is 22.4. The molecule has 1 amide bonds. The number of hydrogen-bond donors (Lipinski definition) is 1. The number of piperazine rings is 1. The Bertz CT molecular complexity index is 1110. The first-order valence-electron chi connectivity index (χ1n) is 11.2. The second-order valence-electron chi connectivity index (χ2n) is 8.59. The van der Waals surface area contributed by atoms with Crippen LogP contribution < -0.4 is 5.32 Å². The third kappa shape index (κ3) is 4.04. The number of aromatic nitrogens is 2. The number of aryl methyl sites for hydroxylation is 4. The van der Waals surface area contributed by atoms with E-state index in [4.69, 9.17) is 4.98 Å². The fraction of sp³-hybridized carbons (Fsp3) is 0.440. The molecule has 0 radical (unpaired) electrons. The van der Waals surface area contributed by atoms with Gasteiger partial charge in [-0.25, -0.2) is 4.98 Å². The quantitative estimate of drug-likeness (QED) is 0.683. The SMILES string of the molecule is CCc1cccc(C)c1CNc1ccc(C(=O)N2CCN(C)CC2)n2c(C)c(C)nc12. The van der Waals surface area contributed by atoms with Crippen LogP contribution in [-0.2, 0) is 13.0 Å². The summed E-state index contributed by atoms with van der Waals surface area (Å²) in [6.07, 6.45) is 1.01. The number of nitrogens with one attached hydrogen (secondary N) is 1. The van der Waals surface area contributed by atoms with Gasteiger partial charge in [0, 0.05) is 38.4 Å². The van der Waals surface area contributed by atoms with Crippen molar-refractivity contribution in [3.8, 4) is 0 Å². The first kappa shape index (κ1) is 21.4. The molecule has 0 bridgehead atoms. The highest BCUT2D eigenvalue weighted by Gasteiger charge is 2.24. The van der Waals surface area contributed by atoms with Crippen LogP contribution in [0.25, 0.3) is 5.65 Å². The Hall–Kier alpha value is -2.86. The molecular formula is C25H33N5O. The molecule has 164 valence electrons. The normalized spacial score (nSPS) is 14.9. The van der Waals surface area contributed by atoms with Gasteiger partial charge in [0.25, 0.3) is 5.91 Å². The molecule has 0 atom stereocenters. The van der Waals surface area contributed by atoms with Gasteiger partial charge in [0.05, 0.1) is 11.4 Å². The summed E-state index contributed by atoms with van der Waals surface area (Å²) >= 11 is 0. The number of fused-ring (bicyclic) bond motifs is 1. The summed E-state index contributed by atoms with van der Waals surface area (Å²) in [7, 11) is 2.10. The monoisotopic (exact) mass is 419 g/mol. The minimum absolute atomic E-state index is 0.0809. The number of pyridine rings is 1. The van der Waals surface area contributed by atoms with E-state index < -0.39 is 0 Å². The molecule has 31 heavy (non-hydrogen) atoms. The molecule has 1 fully saturated rings. The van der Waals surface area contributed by atoms with Crippen molar-refractivity contribution in [2.24, 2.45) is 0 Å². The number of anilines is 1. The lowest BCUT2D eigenvalue weighted by molar-refractivity contribution is 0.0656. The Kier molecular flexibility index (Phi) is 6.01. The van der Waals surface area contributed by atoms with Crippen LogP contribution in [0.1, 0.15) is 45.5 Å². The molecule has 0 aliphatic carbocycles. The minimum Gasteiger partial charge on any atom is -0.378 e. The molecule has 1 aliphatic rings. The van der Waals surface area contributed by atoms with Gasteiger partial charge < -0.3 is 15.1 Å². The second kappa shape index (κ2) is 8.71. The van der Waals surface area contributed by atoms with Crippen LogP contribution in [0.15, 0.2) is 30.3 Å². The van der Waals surface area contributed by atoms with Gasteiger partial charge in [-0.15, -0.1) is 0 Å². The number of likely N-dealkylation sites (N-methyl/N-ethyl adjacent to an activating group) is 1. The predicted octanol–water partition coefficient (Wildman–Crippen LogP) is 3.82. The molecule has 0 unspecified atom stereocenters. The van der Waals surface area contributed by atoms with Crippen molar-refractivity contribution in [3.05, 3.63) is 64.1 Å². The number of amides is 1. The maximum absolute atomic E-state index is 13.3. The van der Waals surface area contributed by atoms with Crippen molar-refractivity contribution in [2.75, 3.05) is 38.5 Å². The fourth-order valence-corrected chi connectivity index (χ4v) is 4.40. The van der Waals surface area contributed by atoms with Crippen molar-refractivity contribution in [1.29, 1.82) is 0 Å². The van der Waals surface area contributed by atoms with Gasteiger partial charge in [0.2, 0.25) is 0 Å². The molecule has 1 aromatic carbocycles. The molecule has 1 aliphatic heterocycles. The van der Waals surface area contributed by atoms with Crippen molar-refractivity contribution >= 4 is 17.2 Å². The Morgan fingerprint density at radius 2 is 1.81 bits per heavy atom. The molecule has 1 saturated heterocycles. The van der Waals surface area contributed by atoms with Gasteiger partial charge >= 0.3 is 0 Å². The number of rotatable bonds is 5. The van der Waals surface area contributed by atoms with E-state index >= 15 is 0 Å². The third-order valence-corrected chi connectivity index (χ3v) is 6.59. The van der Waals surface area contributed by atoms with E-state index in [9.17, 15) is 4.79 Å². The number of hydrogen-bond acceptors (Lipinski definition) is 4. The van der Waals surface area contributed by atoms with Gasteiger partial charge in [-0.1, -0.05) is 25.1 Å². The zero-order valence-corrected chi connectivity index (χ0v) is 19.3. The summed E-state index contributed by atoms with van der Waals surface area (Å²) in [5, 5.41) is 3.60. The standard InChI is InChI=1S/C25H33N5O/c1-6-20-9-7-8-17(2)21(20)16-26-22-10-11-23(30-19(4)18(3)27-24(22)30)25(31)29-14-12-28(5)13-15-29/h7-11,26H,6,12-16H2,1-5H3. The average Bonchev–Trinajstić information content (AvgIpc) is 3.07. The molecule has 4 rings (SSSR count). The van der Waals surface area contributed by atoms with Gasteiger partial charge in [0.15, 0.2) is 5.65 Å². The first-order chi connectivity index (χ1) is 14.9. The summed E-state index contributed by atoms with van der Waals surface area (Å²) in [6.45, 7) is 12.5. The largest absolute Gasteiger partial charge is 0.378 e. The highest BCUT2D eigenvalue weighted by atomic mass is 16.2. The topological polar surface area (TPSA) is 52.9 Å². The van der Waals surface area contributed by atoms with Crippen molar-refractivity contribution in [3.63, 3.8) is 0 Å². The summed E-state index contributed by atoms with van der Waals surface area (Å²) in [5.74, 6) is 0.0809. The molecule has 6 heteroatoms. The molecule has 6 nitrogen and oxygen atoms in total. The van der Waals surface area contributed by atoms with Crippen LogP contribution in [-0.4, -0.2) is 58.3 Å². The zero-order chi connectivity index (χ0) is 22.1. The third-order valence-electron chi connectivity index (χ3n) is 6.59. The molecule has 0 spiro atoms. The summed E-state index contributed by atoms with van der Waals surface area (Å²) in [5.41, 5.74) is 8.42. The minimum atomic E-state index is 0.0809. The van der Waals surface area contributed by atoms with E-state index in [1.54, 1.807) is 0 Å². The van der Waals surface area contributed by atoms with Crippen molar-refractivity contribution in [2.45, 2.75) is 40.7 Å². The van der Waals surface area contributed by atoms with Gasteiger partial charge in [0.1, 0.15) is 5.69 Å². The Morgan fingerprint density at radius 3 is 2.52 bits per heavy atom. The van der Waals surface area contributed by atoms with E-state index in [1.165, 1.54) is 16.7 Å². The van der Waals surface area contributed by atoms with E-state index in [0.717, 1.165) is 61.9 Å². The maximum atomic E-state index is 13.3. The number of benzene rings is 1. The first-order valence-corrected chi connectivity index (χ1v) is 11.2. The maximum Gasteiger partial charge on any atom is 0.270 e. The Morgan fingerprint density at radius 1 is 1.06 bits per heavy atom. The van der Waals surface area contributed by atoms with E-state index in [2.05, 4.69) is 49.3 Å². The molecule has 0 saturated carbocycles. The van der Waals surface area contributed by atoms with Crippen molar-refractivity contribution < 1.29 is 4.79 Å². The number of nitrogens with zero attached hydrogens (tertiary/aromatic N) is 4. The van der Waals surface area contributed by atoms with Crippen LogP contribution in [0.4, 0.5) is 5.69 Å². The molecule has 3 heterocycles. The number of carbonyl (C=O) groups excluding carboxylic acids is 1. The molecule has 1 N–H and O–H groups in total. The highest BCUT2D eigenvalue weighted by Crippen LogP contribution is 2.25. The fourth-order valence-electron chi connectivity index (χ4n) is 4.40. The summed E-state index contributed by atoms with van der Waals surface area (Å²) < 4.78 is 2.02. The van der Waals surface area contributed by atoms with Crippen LogP contribution in [0.3, 0.4) is 0 Å². The lowest BCUT2D eigenvalue weighted by Gasteiger charge is -2.32. The highest BCUT2D eigenvalue weighted by molar-refractivity contribution is 5.94. The second-order valence-corrected chi connectivity index (χ2v) is 8.59. The van der Waals surface area contributed by atoms with Gasteiger partial charge in [-0.3, -0.25) is 9.20 Å². The molecule has 2 aromatic heterocycles. The number of carbonyl (C=O) groups is 1.